The molecular weight excluding hydrogens is 426 g/mol. The fourth-order valence-electron chi connectivity index (χ4n) is 3.27. The molecule has 0 saturated heterocycles. The Balaban J connectivity index is 1.68. The predicted octanol–water partition coefficient (Wildman–Crippen LogP) is 4.14. The lowest BCUT2D eigenvalue weighted by Crippen LogP contribution is -2.15. The van der Waals surface area contributed by atoms with Crippen LogP contribution in [-0.2, 0) is 22.5 Å². The third kappa shape index (κ3) is 4.66. The van der Waals surface area contributed by atoms with E-state index in [1.165, 1.54) is 11.3 Å². The van der Waals surface area contributed by atoms with Gasteiger partial charge in [0.15, 0.2) is 0 Å². The molecule has 0 aliphatic rings. The molecule has 0 saturated carbocycles. The monoisotopic (exact) mass is 447 g/mol. The molecule has 0 unspecified atom stereocenters. The number of hydrogen-bond acceptors (Lipinski definition) is 8. The Morgan fingerprint density at radius 3 is 2.72 bits per heavy atom. The van der Waals surface area contributed by atoms with Crippen molar-refractivity contribution in [2.24, 2.45) is 5.73 Å². The van der Waals surface area contributed by atoms with Gasteiger partial charge in [-0.25, -0.2) is 14.8 Å². The SMILES string of the molecule is CCOC(=O)Cc1ccccc1OC(=O)c1nc(-c2cccc(CN)c2)c2ccsc2n1. The van der Waals surface area contributed by atoms with E-state index in [1.54, 1.807) is 31.2 Å². The van der Waals surface area contributed by atoms with Gasteiger partial charge in [-0.2, -0.15) is 0 Å². The summed E-state index contributed by atoms with van der Waals surface area (Å²) in [5, 5.41) is 2.75. The summed E-state index contributed by atoms with van der Waals surface area (Å²) in [5.41, 5.74) is 8.77. The van der Waals surface area contributed by atoms with Crippen LogP contribution < -0.4 is 10.5 Å². The maximum Gasteiger partial charge on any atom is 0.381 e. The molecule has 0 aliphatic carbocycles. The van der Waals surface area contributed by atoms with Gasteiger partial charge in [-0.05, 0) is 36.1 Å². The number of para-hydroxylation sites is 1. The number of nitrogens with zero attached hydrogens (tertiary/aromatic N) is 2. The van der Waals surface area contributed by atoms with Crippen LogP contribution in [0.4, 0.5) is 0 Å². The molecule has 7 nitrogen and oxygen atoms in total. The first-order chi connectivity index (χ1) is 15.6. The molecule has 0 atom stereocenters. The number of ether oxygens (including phenoxy) is 2. The van der Waals surface area contributed by atoms with E-state index >= 15 is 0 Å². The fraction of sp³-hybridized carbons (Fsp3) is 0.167. The molecule has 2 aromatic heterocycles. The Labute approximate surface area is 188 Å². The summed E-state index contributed by atoms with van der Waals surface area (Å²) in [6.45, 7) is 2.42. The molecule has 0 amide bonds. The molecule has 0 spiro atoms. The smallest absolute Gasteiger partial charge is 0.381 e. The molecule has 0 aliphatic heterocycles. The summed E-state index contributed by atoms with van der Waals surface area (Å²) in [6.07, 6.45) is -0.000753. The van der Waals surface area contributed by atoms with Crippen molar-refractivity contribution in [2.75, 3.05) is 6.61 Å². The second-order valence-electron chi connectivity index (χ2n) is 6.92. The predicted molar refractivity (Wildman–Crippen MR) is 122 cm³/mol. The largest absolute Gasteiger partial charge is 0.466 e. The minimum Gasteiger partial charge on any atom is -0.466 e. The number of carbonyl (C=O) groups is 2. The zero-order valence-corrected chi connectivity index (χ0v) is 18.2. The average molecular weight is 448 g/mol. The highest BCUT2D eigenvalue weighted by molar-refractivity contribution is 7.16. The Morgan fingerprint density at radius 1 is 1.06 bits per heavy atom. The van der Waals surface area contributed by atoms with E-state index in [4.69, 9.17) is 15.2 Å². The van der Waals surface area contributed by atoms with Crippen molar-refractivity contribution in [1.82, 2.24) is 9.97 Å². The van der Waals surface area contributed by atoms with Gasteiger partial charge in [0.2, 0.25) is 5.82 Å². The average Bonchev–Trinajstić information content (AvgIpc) is 3.28. The first kappa shape index (κ1) is 21.6. The second-order valence-corrected chi connectivity index (χ2v) is 7.81. The van der Waals surface area contributed by atoms with E-state index < -0.39 is 11.9 Å². The molecule has 0 bridgehead atoms. The van der Waals surface area contributed by atoms with Gasteiger partial charge in [0.05, 0.1) is 18.7 Å². The van der Waals surface area contributed by atoms with Crippen LogP contribution in [0.5, 0.6) is 5.75 Å². The van der Waals surface area contributed by atoms with Crippen molar-refractivity contribution in [3.8, 4) is 17.0 Å². The van der Waals surface area contributed by atoms with E-state index in [0.717, 1.165) is 16.5 Å². The zero-order valence-electron chi connectivity index (χ0n) is 17.4. The zero-order chi connectivity index (χ0) is 22.5. The summed E-state index contributed by atoms with van der Waals surface area (Å²) in [6, 6.07) is 16.5. The lowest BCUT2D eigenvalue weighted by atomic mass is 10.1. The molecule has 2 N–H and O–H groups in total. The Morgan fingerprint density at radius 2 is 1.91 bits per heavy atom. The molecule has 4 aromatic rings. The van der Waals surface area contributed by atoms with Gasteiger partial charge in [0.1, 0.15) is 10.6 Å². The normalized spacial score (nSPS) is 10.8. The summed E-state index contributed by atoms with van der Waals surface area (Å²) in [4.78, 5) is 34.5. The van der Waals surface area contributed by atoms with Crippen molar-refractivity contribution < 1.29 is 19.1 Å². The van der Waals surface area contributed by atoms with E-state index in [0.29, 0.717) is 22.6 Å². The molecular formula is C24H21N3O4S. The number of esters is 2. The number of thiophene rings is 1. The maximum absolute atomic E-state index is 13.0. The van der Waals surface area contributed by atoms with E-state index in [-0.39, 0.29) is 24.6 Å². The number of carbonyl (C=O) groups excluding carboxylic acids is 2. The highest BCUT2D eigenvalue weighted by Gasteiger charge is 2.20. The quantitative estimate of drug-likeness (QED) is 0.335. The topological polar surface area (TPSA) is 104 Å². The van der Waals surface area contributed by atoms with Crippen LogP contribution in [0.1, 0.15) is 28.7 Å². The summed E-state index contributed by atoms with van der Waals surface area (Å²) in [7, 11) is 0. The first-order valence-corrected chi connectivity index (χ1v) is 11.0. The summed E-state index contributed by atoms with van der Waals surface area (Å²) < 4.78 is 10.6. The van der Waals surface area contributed by atoms with E-state index in [9.17, 15) is 9.59 Å². The second kappa shape index (κ2) is 9.67. The van der Waals surface area contributed by atoms with Gasteiger partial charge in [-0.3, -0.25) is 4.79 Å². The third-order valence-corrected chi connectivity index (χ3v) is 5.57. The van der Waals surface area contributed by atoms with E-state index in [2.05, 4.69) is 9.97 Å². The maximum atomic E-state index is 13.0. The molecule has 4 rings (SSSR count). The summed E-state index contributed by atoms with van der Waals surface area (Å²) in [5.74, 6) is -0.881. The molecule has 0 fully saturated rings. The van der Waals surface area contributed by atoms with Gasteiger partial charge >= 0.3 is 11.9 Å². The number of fused-ring (bicyclic) bond motifs is 1. The van der Waals surface area contributed by atoms with Crippen LogP contribution >= 0.6 is 11.3 Å². The molecule has 2 heterocycles. The highest BCUT2D eigenvalue weighted by Crippen LogP contribution is 2.30. The Kier molecular flexibility index (Phi) is 6.53. The van der Waals surface area contributed by atoms with E-state index in [1.807, 2.05) is 35.7 Å². The number of aromatic nitrogens is 2. The van der Waals surface area contributed by atoms with Crippen LogP contribution in [0.2, 0.25) is 0 Å². The molecule has 0 radical (unpaired) electrons. The number of nitrogens with two attached hydrogens (primary N) is 1. The van der Waals surface area contributed by atoms with Crippen LogP contribution in [-0.4, -0.2) is 28.5 Å². The molecule has 162 valence electrons. The van der Waals surface area contributed by atoms with Gasteiger partial charge in [-0.1, -0.05) is 36.4 Å². The minimum absolute atomic E-state index is 0.000753. The van der Waals surface area contributed by atoms with Crippen molar-refractivity contribution in [3.63, 3.8) is 0 Å². The Bertz CT molecular complexity index is 1290. The lowest BCUT2D eigenvalue weighted by Gasteiger charge is -2.10. The third-order valence-electron chi connectivity index (χ3n) is 4.76. The van der Waals surface area contributed by atoms with Crippen molar-refractivity contribution in [1.29, 1.82) is 0 Å². The number of benzene rings is 2. The summed E-state index contributed by atoms with van der Waals surface area (Å²) >= 11 is 1.42. The fourth-order valence-corrected chi connectivity index (χ4v) is 4.04. The minimum atomic E-state index is -0.701. The van der Waals surface area contributed by atoms with Gasteiger partial charge in [-0.15, -0.1) is 11.3 Å². The van der Waals surface area contributed by atoms with Crippen LogP contribution in [0, 0.1) is 0 Å². The van der Waals surface area contributed by atoms with Crippen molar-refractivity contribution in [3.05, 3.63) is 76.9 Å². The van der Waals surface area contributed by atoms with Gasteiger partial charge in [0.25, 0.3) is 0 Å². The number of hydrogen-bond donors (Lipinski definition) is 1. The Hall–Kier alpha value is -3.62. The number of rotatable bonds is 7. The van der Waals surface area contributed by atoms with Crippen LogP contribution in [0.3, 0.4) is 0 Å². The van der Waals surface area contributed by atoms with Crippen LogP contribution in [0.25, 0.3) is 21.5 Å². The van der Waals surface area contributed by atoms with Crippen molar-refractivity contribution in [2.45, 2.75) is 19.9 Å². The van der Waals surface area contributed by atoms with Crippen molar-refractivity contribution >= 4 is 33.5 Å². The van der Waals surface area contributed by atoms with Gasteiger partial charge < -0.3 is 15.2 Å². The lowest BCUT2D eigenvalue weighted by molar-refractivity contribution is -0.142. The molecule has 2 aromatic carbocycles. The molecule has 8 heteroatoms. The highest BCUT2D eigenvalue weighted by atomic mass is 32.1. The standard InChI is InChI=1S/C24H21N3O4S/c1-2-30-20(28)13-16-7-3-4-9-19(16)31-24(29)22-26-21(18-10-11-32-23(18)27-22)17-8-5-6-15(12-17)14-25/h3-12H,2,13-14,25H2,1H3. The van der Waals surface area contributed by atoms with Gasteiger partial charge in [0, 0.05) is 23.1 Å². The molecule has 32 heavy (non-hydrogen) atoms. The van der Waals surface area contributed by atoms with Crippen LogP contribution in [0.15, 0.2) is 60.0 Å². The first-order valence-electron chi connectivity index (χ1n) is 10.1.